The molecule has 0 aromatic rings. The lowest BCUT2D eigenvalue weighted by Crippen LogP contribution is -2.56. The molecule has 0 radical (unpaired) electrons. The summed E-state index contributed by atoms with van der Waals surface area (Å²) in [4.78, 5) is 12.8. The highest BCUT2D eigenvalue weighted by Crippen LogP contribution is 2.38. The highest BCUT2D eigenvalue weighted by atomic mass is 16.5. The lowest BCUT2D eigenvalue weighted by Gasteiger charge is -2.44. The van der Waals surface area contributed by atoms with Crippen LogP contribution in [0, 0.1) is 23.7 Å². The molecule has 3 fully saturated rings. The highest BCUT2D eigenvalue weighted by molar-refractivity contribution is 5.79. The van der Waals surface area contributed by atoms with Gasteiger partial charge in [0.05, 0.1) is 5.92 Å². The predicted molar refractivity (Wildman–Crippen MR) is 90.7 cm³/mol. The number of hydrogen-bond donors (Lipinski definition) is 3. The number of hydrogen-bond acceptors (Lipinski definition) is 4. The summed E-state index contributed by atoms with van der Waals surface area (Å²) < 4.78 is 5.98. The van der Waals surface area contributed by atoms with Crippen LogP contribution in [-0.2, 0) is 9.53 Å². The molecule has 3 aliphatic rings. The molecule has 6 unspecified atom stereocenters. The molecule has 2 saturated carbocycles. The second kappa shape index (κ2) is 7.49. The molecule has 6 atom stereocenters. The van der Waals surface area contributed by atoms with E-state index in [9.17, 15) is 4.79 Å². The SMILES string of the molecule is CNC(OC(C)NC(=O)C1CCCC2C(C)CCNC12)C1CC1. The molecule has 23 heavy (non-hydrogen) atoms. The summed E-state index contributed by atoms with van der Waals surface area (Å²) in [5, 5.41) is 9.94. The van der Waals surface area contributed by atoms with Crippen molar-refractivity contribution >= 4 is 5.91 Å². The fourth-order valence-corrected chi connectivity index (χ4v) is 4.52. The van der Waals surface area contributed by atoms with Crippen LogP contribution in [0.5, 0.6) is 0 Å². The highest BCUT2D eigenvalue weighted by Gasteiger charge is 2.41. The van der Waals surface area contributed by atoms with Crippen LogP contribution in [0.25, 0.3) is 0 Å². The van der Waals surface area contributed by atoms with Crippen molar-refractivity contribution in [3.63, 3.8) is 0 Å². The average Bonchev–Trinajstić information content (AvgIpc) is 3.37. The van der Waals surface area contributed by atoms with Gasteiger partial charge < -0.3 is 15.4 Å². The van der Waals surface area contributed by atoms with Crippen LogP contribution in [0.3, 0.4) is 0 Å². The van der Waals surface area contributed by atoms with Crippen molar-refractivity contribution in [1.29, 1.82) is 0 Å². The number of carbonyl (C=O) groups excluding carboxylic acids is 1. The molecule has 0 spiro atoms. The van der Waals surface area contributed by atoms with E-state index >= 15 is 0 Å². The van der Waals surface area contributed by atoms with Crippen LogP contribution in [0.2, 0.25) is 0 Å². The van der Waals surface area contributed by atoms with Gasteiger partial charge in [0.1, 0.15) is 12.5 Å². The molecule has 0 aromatic carbocycles. The fraction of sp³-hybridized carbons (Fsp3) is 0.944. The third-order valence-corrected chi connectivity index (χ3v) is 6.03. The maximum Gasteiger partial charge on any atom is 0.226 e. The zero-order valence-corrected chi connectivity index (χ0v) is 14.8. The Hall–Kier alpha value is -0.650. The minimum Gasteiger partial charge on any atom is -0.340 e. The lowest BCUT2D eigenvalue weighted by molar-refractivity contribution is -0.135. The number of rotatable bonds is 6. The molecule has 3 N–H and O–H groups in total. The molecule has 132 valence electrons. The van der Waals surface area contributed by atoms with Gasteiger partial charge in [0.2, 0.25) is 5.91 Å². The summed E-state index contributed by atoms with van der Waals surface area (Å²) in [5.74, 6) is 2.25. The van der Waals surface area contributed by atoms with E-state index in [2.05, 4.69) is 22.9 Å². The van der Waals surface area contributed by atoms with Gasteiger partial charge in [-0.25, -0.2) is 0 Å². The second-order valence-corrected chi connectivity index (χ2v) is 7.78. The number of piperidine rings is 1. The van der Waals surface area contributed by atoms with E-state index in [1.807, 2.05) is 14.0 Å². The zero-order chi connectivity index (χ0) is 16.4. The first-order valence-corrected chi connectivity index (χ1v) is 9.46. The van der Waals surface area contributed by atoms with E-state index in [4.69, 9.17) is 4.74 Å². The summed E-state index contributed by atoms with van der Waals surface area (Å²) in [5.41, 5.74) is 0. The Kier molecular flexibility index (Phi) is 5.60. The molecule has 1 aliphatic heterocycles. The van der Waals surface area contributed by atoms with Crippen molar-refractivity contribution in [3.8, 4) is 0 Å². The van der Waals surface area contributed by atoms with Crippen molar-refractivity contribution in [3.05, 3.63) is 0 Å². The van der Waals surface area contributed by atoms with E-state index in [1.165, 1.54) is 32.1 Å². The Balaban J connectivity index is 1.54. The van der Waals surface area contributed by atoms with Gasteiger partial charge >= 0.3 is 0 Å². The van der Waals surface area contributed by atoms with Crippen LogP contribution in [0.15, 0.2) is 0 Å². The second-order valence-electron chi connectivity index (χ2n) is 7.78. The molecule has 5 nitrogen and oxygen atoms in total. The topological polar surface area (TPSA) is 62.4 Å². The van der Waals surface area contributed by atoms with Crippen LogP contribution in [0.1, 0.15) is 52.4 Å². The van der Waals surface area contributed by atoms with Crippen molar-refractivity contribution in [2.75, 3.05) is 13.6 Å². The third-order valence-electron chi connectivity index (χ3n) is 6.03. The standard InChI is InChI=1S/C18H33N3O2/c1-11-9-10-20-16-14(11)5-4-6-15(16)17(22)21-12(2)23-18(19-3)13-7-8-13/h11-16,18-20H,4-10H2,1-3H3,(H,21,22). The average molecular weight is 323 g/mol. The van der Waals surface area contributed by atoms with Gasteiger partial charge in [-0.2, -0.15) is 0 Å². The quantitative estimate of drug-likeness (QED) is 0.653. The van der Waals surface area contributed by atoms with E-state index in [0.717, 1.165) is 18.9 Å². The van der Waals surface area contributed by atoms with Gasteiger partial charge in [-0.05, 0) is 70.4 Å². The van der Waals surface area contributed by atoms with Crippen LogP contribution in [0.4, 0.5) is 0 Å². The number of ether oxygens (including phenoxy) is 1. The molecule has 2 aliphatic carbocycles. The van der Waals surface area contributed by atoms with E-state index in [0.29, 0.717) is 17.9 Å². The number of fused-ring (bicyclic) bond motifs is 1. The molecule has 0 bridgehead atoms. The summed E-state index contributed by atoms with van der Waals surface area (Å²) in [6, 6.07) is 0.350. The van der Waals surface area contributed by atoms with Crippen LogP contribution in [-0.4, -0.2) is 38.0 Å². The van der Waals surface area contributed by atoms with E-state index < -0.39 is 0 Å². The zero-order valence-electron chi connectivity index (χ0n) is 14.8. The largest absolute Gasteiger partial charge is 0.340 e. The van der Waals surface area contributed by atoms with Gasteiger partial charge in [-0.3, -0.25) is 10.1 Å². The van der Waals surface area contributed by atoms with Crippen molar-refractivity contribution < 1.29 is 9.53 Å². The van der Waals surface area contributed by atoms with Crippen molar-refractivity contribution in [1.82, 2.24) is 16.0 Å². The summed E-state index contributed by atoms with van der Waals surface area (Å²) in [6.07, 6.45) is 6.94. The van der Waals surface area contributed by atoms with Gasteiger partial charge in [0.15, 0.2) is 0 Å². The van der Waals surface area contributed by atoms with Crippen molar-refractivity contribution in [2.45, 2.75) is 70.9 Å². The number of carbonyl (C=O) groups is 1. The molecular weight excluding hydrogens is 290 g/mol. The predicted octanol–water partition coefficient (Wildman–Crippen LogP) is 1.83. The number of nitrogens with one attached hydrogen (secondary N) is 3. The monoisotopic (exact) mass is 323 g/mol. The maximum atomic E-state index is 12.8. The third kappa shape index (κ3) is 4.06. The lowest BCUT2D eigenvalue weighted by atomic mass is 9.68. The summed E-state index contributed by atoms with van der Waals surface area (Å²) >= 11 is 0. The Morgan fingerprint density at radius 3 is 2.70 bits per heavy atom. The Morgan fingerprint density at radius 2 is 2.00 bits per heavy atom. The Bertz CT molecular complexity index is 413. The van der Waals surface area contributed by atoms with E-state index in [1.54, 1.807) is 0 Å². The molecule has 0 aromatic heterocycles. The van der Waals surface area contributed by atoms with Crippen LogP contribution >= 0.6 is 0 Å². The fourth-order valence-electron chi connectivity index (χ4n) is 4.52. The smallest absolute Gasteiger partial charge is 0.226 e. The maximum absolute atomic E-state index is 12.8. The molecule has 1 saturated heterocycles. The summed E-state index contributed by atoms with van der Waals surface area (Å²) in [6.45, 7) is 5.33. The normalized spacial score (nSPS) is 36.8. The molecule has 1 heterocycles. The van der Waals surface area contributed by atoms with Crippen molar-refractivity contribution in [2.24, 2.45) is 23.7 Å². The van der Waals surface area contributed by atoms with Gasteiger partial charge in [-0.1, -0.05) is 13.3 Å². The molecule has 1 amide bonds. The molecule has 5 heteroatoms. The first-order chi connectivity index (χ1) is 11.1. The number of amides is 1. The summed E-state index contributed by atoms with van der Waals surface area (Å²) in [7, 11) is 1.93. The minimum atomic E-state index is -0.234. The minimum absolute atomic E-state index is 0.0669. The van der Waals surface area contributed by atoms with Gasteiger partial charge in [0.25, 0.3) is 0 Å². The first kappa shape index (κ1) is 17.2. The molecular formula is C18H33N3O2. The van der Waals surface area contributed by atoms with Gasteiger partial charge in [-0.15, -0.1) is 0 Å². The van der Waals surface area contributed by atoms with E-state index in [-0.39, 0.29) is 24.3 Å². The first-order valence-electron chi connectivity index (χ1n) is 9.46. The molecule has 3 rings (SSSR count). The Labute approximate surface area is 140 Å². The van der Waals surface area contributed by atoms with Crippen LogP contribution < -0.4 is 16.0 Å². The Morgan fingerprint density at radius 1 is 1.22 bits per heavy atom. The van der Waals surface area contributed by atoms with Gasteiger partial charge in [0, 0.05) is 6.04 Å².